The van der Waals surface area contributed by atoms with Gasteiger partial charge in [-0.2, -0.15) is 0 Å². The second-order valence-electron chi connectivity index (χ2n) is 2.44. The molecule has 57 valence electrons. The molecule has 0 atom stereocenters. The molecule has 1 radical (unpaired) electrons. The zero-order valence-corrected chi connectivity index (χ0v) is 6.54. The minimum absolute atomic E-state index is 0.295. The van der Waals surface area contributed by atoms with Crippen LogP contribution in [0.25, 0.3) is 5.57 Å². The molecule has 1 aromatic rings. The molecule has 0 heterocycles. The Bertz CT molecular complexity index is 274. The van der Waals surface area contributed by atoms with E-state index < -0.39 is 0 Å². The highest BCUT2D eigenvalue weighted by Gasteiger charge is 1.93. The van der Waals surface area contributed by atoms with Crippen molar-refractivity contribution >= 4 is 5.57 Å². The van der Waals surface area contributed by atoms with Gasteiger partial charge in [-0.05, 0) is 37.1 Å². The summed E-state index contributed by atoms with van der Waals surface area (Å²) in [6, 6.07) is 7.13. The van der Waals surface area contributed by atoms with Crippen molar-refractivity contribution in [2.75, 3.05) is 0 Å². The molecule has 1 rings (SSSR count). The molecule has 0 spiro atoms. The molecule has 0 amide bonds. The lowest BCUT2D eigenvalue weighted by atomic mass is 10.1. The van der Waals surface area contributed by atoms with Gasteiger partial charge in [0.15, 0.2) is 0 Å². The summed E-state index contributed by atoms with van der Waals surface area (Å²) < 4.78 is 0. The first-order valence-corrected chi connectivity index (χ1v) is 3.49. The van der Waals surface area contributed by atoms with E-state index in [2.05, 4.69) is 6.92 Å². The third-order valence-electron chi connectivity index (χ3n) is 1.61. The molecule has 1 aromatic carbocycles. The van der Waals surface area contributed by atoms with Gasteiger partial charge in [0.1, 0.15) is 5.75 Å². The number of phenols is 1. The normalized spacial score (nSPS) is 11.6. The van der Waals surface area contributed by atoms with Gasteiger partial charge in [-0.3, -0.25) is 0 Å². The van der Waals surface area contributed by atoms with Gasteiger partial charge in [-0.15, -0.1) is 0 Å². The van der Waals surface area contributed by atoms with Gasteiger partial charge in [0.25, 0.3) is 0 Å². The topological polar surface area (TPSA) is 20.2 Å². The van der Waals surface area contributed by atoms with Crippen molar-refractivity contribution < 1.29 is 5.11 Å². The van der Waals surface area contributed by atoms with Crippen molar-refractivity contribution in [2.24, 2.45) is 0 Å². The molecule has 0 aliphatic carbocycles. The van der Waals surface area contributed by atoms with Gasteiger partial charge in [-0.25, -0.2) is 0 Å². The van der Waals surface area contributed by atoms with Crippen LogP contribution in [0.4, 0.5) is 0 Å². The predicted octanol–water partition coefficient (Wildman–Crippen LogP) is 2.63. The zero-order valence-electron chi connectivity index (χ0n) is 6.54. The number of phenolic OH excluding ortho intramolecular Hbond substituents is 1. The van der Waals surface area contributed by atoms with E-state index in [0.717, 1.165) is 11.1 Å². The van der Waals surface area contributed by atoms with Crippen LogP contribution in [0.5, 0.6) is 5.75 Å². The summed E-state index contributed by atoms with van der Waals surface area (Å²) in [5.41, 5.74) is 2.08. The number of rotatable bonds is 1. The van der Waals surface area contributed by atoms with Crippen molar-refractivity contribution in [1.29, 1.82) is 0 Å². The van der Waals surface area contributed by atoms with Gasteiger partial charge in [0.05, 0.1) is 0 Å². The van der Waals surface area contributed by atoms with Gasteiger partial charge in [-0.1, -0.05) is 18.2 Å². The van der Waals surface area contributed by atoms with E-state index in [9.17, 15) is 0 Å². The molecule has 0 bridgehead atoms. The van der Waals surface area contributed by atoms with Gasteiger partial charge < -0.3 is 5.11 Å². The lowest BCUT2D eigenvalue weighted by molar-refractivity contribution is 0.475. The Labute approximate surface area is 67.0 Å². The van der Waals surface area contributed by atoms with Crippen molar-refractivity contribution in [3.05, 3.63) is 42.8 Å². The van der Waals surface area contributed by atoms with E-state index in [-0.39, 0.29) is 0 Å². The fourth-order valence-corrected chi connectivity index (χ4v) is 0.869. The first-order chi connectivity index (χ1) is 5.24. The summed E-state index contributed by atoms with van der Waals surface area (Å²) in [5.74, 6) is 0.295. The minimum Gasteiger partial charge on any atom is -0.508 e. The summed E-state index contributed by atoms with van der Waals surface area (Å²) >= 11 is 0. The van der Waals surface area contributed by atoms with Crippen LogP contribution in [0.2, 0.25) is 0 Å². The van der Waals surface area contributed by atoms with Crippen LogP contribution in [0.15, 0.2) is 30.3 Å². The summed E-state index contributed by atoms with van der Waals surface area (Å²) in [6.07, 6.45) is 1.77. The SMILES string of the molecule is [CH2]C=C(C)c1cccc(O)c1. The Morgan fingerprint density at radius 3 is 2.82 bits per heavy atom. The predicted molar refractivity (Wildman–Crippen MR) is 47.1 cm³/mol. The zero-order chi connectivity index (χ0) is 8.27. The van der Waals surface area contributed by atoms with E-state index in [4.69, 9.17) is 5.11 Å². The van der Waals surface area contributed by atoms with Crippen molar-refractivity contribution in [2.45, 2.75) is 6.92 Å². The first-order valence-electron chi connectivity index (χ1n) is 3.49. The molecule has 0 saturated carbocycles. The summed E-state index contributed by atoms with van der Waals surface area (Å²) in [6.45, 7) is 5.61. The Balaban J connectivity index is 3.06. The Morgan fingerprint density at radius 1 is 1.55 bits per heavy atom. The van der Waals surface area contributed by atoms with Crippen LogP contribution in [-0.4, -0.2) is 5.11 Å². The fraction of sp³-hybridized carbons (Fsp3) is 0.100. The van der Waals surface area contributed by atoms with E-state index in [1.165, 1.54) is 0 Å². The molecule has 1 N–H and O–H groups in total. The van der Waals surface area contributed by atoms with Gasteiger partial charge >= 0.3 is 0 Å². The summed E-state index contributed by atoms with van der Waals surface area (Å²) in [4.78, 5) is 0. The maximum absolute atomic E-state index is 9.11. The third-order valence-corrected chi connectivity index (χ3v) is 1.61. The monoisotopic (exact) mass is 147 g/mol. The molecular formula is C10H11O. The lowest BCUT2D eigenvalue weighted by Crippen LogP contribution is -1.76. The largest absolute Gasteiger partial charge is 0.508 e. The number of aromatic hydroxyl groups is 1. The van der Waals surface area contributed by atoms with Crippen molar-refractivity contribution in [1.82, 2.24) is 0 Å². The second kappa shape index (κ2) is 3.24. The van der Waals surface area contributed by atoms with Crippen LogP contribution in [0.3, 0.4) is 0 Å². The maximum Gasteiger partial charge on any atom is 0.116 e. The molecule has 0 aliphatic heterocycles. The van der Waals surface area contributed by atoms with Crippen molar-refractivity contribution in [3.63, 3.8) is 0 Å². The molecule has 11 heavy (non-hydrogen) atoms. The average Bonchev–Trinajstić information content (AvgIpc) is 2.03. The fourth-order valence-electron chi connectivity index (χ4n) is 0.869. The quantitative estimate of drug-likeness (QED) is 0.647. The molecule has 0 saturated heterocycles. The molecule has 0 fully saturated rings. The van der Waals surface area contributed by atoms with E-state index in [1.54, 1.807) is 18.2 Å². The van der Waals surface area contributed by atoms with Crippen LogP contribution in [-0.2, 0) is 0 Å². The number of allylic oxidation sites excluding steroid dienone is 2. The van der Waals surface area contributed by atoms with Crippen molar-refractivity contribution in [3.8, 4) is 5.75 Å². The molecule has 1 heteroatoms. The van der Waals surface area contributed by atoms with E-state index in [0.29, 0.717) is 5.75 Å². The molecule has 1 nitrogen and oxygen atoms in total. The molecule has 0 unspecified atom stereocenters. The highest BCUT2D eigenvalue weighted by atomic mass is 16.3. The average molecular weight is 147 g/mol. The Morgan fingerprint density at radius 2 is 2.27 bits per heavy atom. The molecular weight excluding hydrogens is 136 g/mol. The highest BCUT2D eigenvalue weighted by Crippen LogP contribution is 2.17. The van der Waals surface area contributed by atoms with Crippen LogP contribution in [0.1, 0.15) is 12.5 Å². The molecule has 0 aromatic heterocycles. The van der Waals surface area contributed by atoms with E-state index >= 15 is 0 Å². The van der Waals surface area contributed by atoms with Crippen LogP contribution in [0, 0.1) is 6.92 Å². The summed E-state index contributed by atoms with van der Waals surface area (Å²) in [5, 5.41) is 9.11. The standard InChI is InChI=1S/C10H11O/c1-3-8(2)9-5-4-6-10(11)7-9/h3-7,11H,1H2,2H3. The van der Waals surface area contributed by atoms with Gasteiger partial charge in [0.2, 0.25) is 0 Å². The molecule has 0 aliphatic rings. The number of benzene rings is 1. The second-order valence-corrected chi connectivity index (χ2v) is 2.44. The van der Waals surface area contributed by atoms with Gasteiger partial charge in [0, 0.05) is 0 Å². The van der Waals surface area contributed by atoms with Crippen LogP contribution < -0.4 is 0 Å². The number of hydrogen-bond donors (Lipinski definition) is 1. The first kappa shape index (κ1) is 7.86. The lowest BCUT2D eigenvalue weighted by Gasteiger charge is -1.99. The smallest absolute Gasteiger partial charge is 0.116 e. The Hall–Kier alpha value is -1.24. The number of hydrogen-bond acceptors (Lipinski definition) is 1. The highest BCUT2D eigenvalue weighted by molar-refractivity contribution is 5.65. The Kier molecular flexibility index (Phi) is 2.32. The third kappa shape index (κ3) is 1.84. The van der Waals surface area contributed by atoms with E-state index in [1.807, 2.05) is 19.1 Å². The minimum atomic E-state index is 0.295. The van der Waals surface area contributed by atoms with Crippen LogP contribution >= 0.6 is 0 Å². The summed E-state index contributed by atoms with van der Waals surface area (Å²) in [7, 11) is 0. The maximum atomic E-state index is 9.11.